The average molecular weight is 688 g/mol. The number of hydrogen-bond acceptors (Lipinski definition) is 5. The number of nitrogens with one attached hydrogen (secondary N) is 2. The Bertz CT molecular complexity index is 1000. The van der Waals surface area contributed by atoms with Crippen molar-refractivity contribution in [3.05, 3.63) is 0 Å². The van der Waals surface area contributed by atoms with E-state index in [0.717, 1.165) is 51.5 Å². The monoisotopic (exact) mass is 688 g/mol. The molecule has 0 aliphatic heterocycles. The number of nitrogens with zero attached hydrogens (tertiary/aromatic N) is 3. The maximum absolute atomic E-state index is 14.3. The first-order valence-electron chi connectivity index (χ1n) is 20.4. The van der Waals surface area contributed by atoms with Crippen molar-refractivity contribution in [3.8, 4) is 0 Å². The zero-order valence-corrected chi connectivity index (χ0v) is 32.3. The molecular weight excluding hydrogens is 614 g/mol. The molecule has 3 fully saturated rings. The average Bonchev–Trinajstić information content (AvgIpc) is 3.10. The molecule has 49 heavy (non-hydrogen) atoms. The lowest BCUT2D eigenvalue weighted by Crippen LogP contribution is -2.52. The fourth-order valence-electron chi connectivity index (χ4n) is 8.84. The summed E-state index contributed by atoms with van der Waals surface area (Å²) >= 11 is 0. The van der Waals surface area contributed by atoms with Gasteiger partial charge in [0.1, 0.15) is 0 Å². The van der Waals surface area contributed by atoms with Gasteiger partial charge in [-0.3, -0.25) is 24.6 Å². The van der Waals surface area contributed by atoms with Crippen molar-refractivity contribution in [1.29, 1.82) is 0 Å². The van der Waals surface area contributed by atoms with Crippen LogP contribution in [0.15, 0.2) is 0 Å². The second kappa shape index (κ2) is 21.9. The van der Waals surface area contributed by atoms with E-state index in [4.69, 9.17) is 0 Å². The van der Waals surface area contributed by atoms with Gasteiger partial charge in [-0.05, 0) is 75.5 Å². The second-order valence-electron chi connectivity index (χ2n) is 16.2. The molecule has 3 aliphatic carbocycles. The molecule has 0 radical (unpaired) electrons. The van der Waals surface area contributed by atoms with E-state index in [1.165, 1.54) is 51.4 Å². The minimum atomic E-state index is -0.380. The molecule has 5 unspecified atom stereocenters. The Balaban J connectivity index is 1.77. The molecule has 0 spiro atoms. The van der Waals surface area contributed by atoms with Crippen LogP contribution in [0.2, 0.25) is 0 Å². The molecule has 0 aromatic rings. The lowest BCUT2D eigenvalue weighted by Gasteiger charge is -2.38. The molecule has 3 saturated carbocycles. The van der Waals surface area contributed by atoms with E-state index in [9.17, 15) is 19.2 Å². The summed E-state index contributed by atoms with van der Waals surface area (Å²) in [5, 5.41) is 5.64. The van der Waals surface area contributed by atoms with Crippen LogP contribution in [-0.2, 0) is 19.2 Å². The molecule has 0 aromatic heterocycles. The minimum absolute atomic E-state index is 0.00971. The van der Waals surface area contributed by atoms with Crippen molar-refractivity contribution in [2.75, 3.05) is 40.3 Å². The molecule has 0 bridgehead atoms. The number of unbranched alkanes of at least 4 members (excludes halogenated alkanes) is 1. The van der Waals surface area contributed by atoms with Crippen LogP contribution in [0.1, 0.15) is 150 Å². The highest BCUT2D eigenvalue weighted by atomic mass is 16.2. The lowest BCUT2D eigenvalue weighted by molar-refractivity contribution is -0.143. The van der Waals surface area contributed by atoms with Crippen LogP contribution in [0.25, 0.3) is 0 Å². The van der Waals surface area contributed by atoms with Gasteiger partial charge in [-0.1, -0.05) is 85.5 Å². The van der Waals surface area contributed by atoms with E-state index < -0.39 is 0 Å². The van der Waals surface area contributed by atoms with Gasteiger partial charge in [-0.25, -0.2) is 5.01 Å². The van der Waals surface area contributed by atoms with E-state index in [2.05, 4.69) is 43.4 Å². The number of rotatable bonds is 19. The van der Waals surface area contributed by atoms with Gasteiger partial charge < -0.3 is 15.1 Å². The number of hydrazine groups is 1. The van der Waals surface area contributed by atoms with Crippen molar-refractivity contribution in [2.24, 2.45) is 35.5 Å². The predicted molar refractivity (Wildman–Crippen MR) is 198 cm³/mol. The SMILES string of the molecule is CCCCN(CC(C)C(CC1CCCCC1)NC(=O)C1CC(C(=O)N(C)C)CC(C(=O)N(CCC)CCC)C1)NC(=O)CC1CCCCC1. The van der Waals surface area contributed by atoms with Gasteiger partial charge >= 0.3 is 0 Å². The van der Waals surface area contributed by atoms with Gasteiger partial charge in [-0.15, -0.1) is 0 Å². The number of amides is 4. The van der Waals surface area contributed by atoms with Crippen LogP contribution in [-0.4, -0.2) is 84.8 Å². The van der Waals surface area contributed by atoms with Crippen LogP contribution in [0, 0.1) is 35.5 Å². The fraction of sp³-hybridized carbons (Fsp3) is 0.900. The highest BCUT2D eigenvalue weighted by Crippen LogP contribution is 2.37. The summed E-state index contributed by atoms with van der Waals surface area (Å²) in [5.41, 5.74) is 3.28. The van der Waals surface area contributed by atoms with Gasteiger partial charge in [0.05, 0.1) is 0 Å². The molecule has 3 rings (SSSR count). The zero-order valence-electron chi connectivity index (χ0n) is 32.3. The fourth-order valence-corrected chi connectivity index (χ4v) is 8.84. The van der Waals surface area contributed by atoms with Crippen molar-refractivity contribution in [2.45, 2.75) is 156 Å². The van der Waals surface area contributed by atoms with Crippen LogP contribution in [0.4, 0.5) is 0 Å². The number of carbonyl (C=O) groups excluding carboxylic acids is 4. The smallest absolute Gasteiger partial charge is 0.234 e. The Morgan fingerprint density at radius 3 is 1.80 bits per heavy atom. The van der Waals surface area contributed by atoms with E-state index in [1.807, 2.05) is 4.90 Å². The molecule has 0 saturated heterocycles. The molecule has 5 atom stereocenters. The Morgan fingerprint density at radius 2 is 1.24 bits per heavy atom. The van der Waals surface area contributed by atoms with Crippen LogP contribution < -0.4 is 10.7 Å². The highest BCUT2D eigenvalue weighted by Gasteiger charge is 2.41. The molecule has 9 heteroatoms. The third kappa shape index (κ3) is 13.8. The summed E-state index contributed by atoms with van der Waals surface area (Å²) < 4.78 is 0. The molecule has 2 N–H and O–H groups in total. The molecule has 0 heterocycles. The van der Waals surface area contributed by atoms with Gasteiger partial charge in [0.2, 0.25) is 23.6 Å². The molecular formula is C40H73N5O4. The third-order valence-corrected chi connectivity index (χ3v) is 11.6. The largest absolute Gasteiger partial charge is 0.353 e. The van der Waals surface area contributed by atoms with Gasteiger partial charge in [0, 0.05) is 70.5 Å². The summed E-state index contributed by atoms with van der Waals surface area (Å²) in [6.07, 6.45) is 19.1. The van der Waals surface area contributed by atoms with Crippen LogP contribution >= 0.6 is 0 Å². The Morgan fingerprint density at radius 1 is 0.694 bits per heavy atom. The highest BCUT2D eigenvalue weighted by molar-refractivity contribution is 5.86. The first-order valence-corrected chi connectivity index (χ1v) is 20.4. The molecule has 3 aliphatic rings. The zero-order chi connectivity index (χ0) is 35.8. The third-order valence-electron chi connectivity index (χ3n) is 11.6. The topological polar surface area (TPSA) is 102 Å². The van der Waals surface area contributed by atoms with Crippen LogP contribution in [0.3, 0.4) is 0 Å². The van der Waals surface area contributed by atoms with Crippen molar-refractivity contribution >= 4 is 23.6 Å². The lowest BCUT2D eigenvalue weighted by atomic mass is 9.73. The quantitative estimate of drug-likeness (QED) is 0.143. The summed E-state index contributed by atoms with van der Waals surface area (Å²) in [4.78, 5) is 58.2. The van der Waals surface area contributed by atoms with Gasteiger partial charge in [0.25, 0.3) is 0 Å². The Hall–Kier alpha value is -2.16. The minimum Gasteiger partial charge on any atom is -0.353 e. The number of hydrogen-bond donors (Lipinski definition) is 2. The summed E-state index contributed by atoms with van der Waals surface area (Å²) in [5.74, 6) is 0.368. The first kappa shape index (κ1) is 41.3. The standard InChI is InChI=1S/C40H73N5O4/c1-7-10-23-45(42-37(46)25-32-19-15-12-16-20-32)29-30(4)36(24-31-17-13-11-14-18-31)41-38(47)33-26-34(39(48)43(5)6)28-35(27-33)40(49)44(21-8-2)22-9-3/h30-36H,7-29H2,1-6H3,(H,41,47)(H,42,46). The van der Waals surface area contributed by atoms with Crippen molar-refractivity contribution in [1.82, 2.24) is 25.6 Å². The van der Waals surface area contributed by atoms with Gasteiger partial charge in [0.15, 0.2) is 0 Å². The van der Waals surface area contributed by atoms with E-state index in [-0.39, 0.29) is 53.3 Å². The maximum atomic E-state index is 14.3. The Kier molecular flexibility index (Phi) is 18.5. The molecule has 9 nitrogen and oxygen atoms in total. The predicted octanol–water partition coefficient (Wildman–Crippen LogP) is 6.95. The summed E-state index contributed by atoms with van der Waals surface area (Å²) in [6.45, 7) is 11.5. The van der Waals surface area contributed by atoms with Crippen LogP contribution in [0.5, 0.6) is 0 Å². The normalized spacial score (nSPS) is 23.4. The second-order valence-corrected chi connectivity index (χ2v) is 16.2. The van der Waals surface area contributed by atoms with E-state index in [0.29, 0.717) is 57.2 Å². The summed E-state index contributed by atoms with van der Waals surface area (Å²) in [7, 11) is 3.53. The Labute approximate surface area is 299 Å². The van der Waals surface area contributed by atoms with E-state index in [1.54, 1.807) is 19.0 Å². The van der Waals surface area contributed by atoms with E-state index >= 15 is 0 Å². The number of carbonyl (C=O) groups is 4. The molecule has 0 aromatic carbocycles. The summed E-state index contributed by atoms with van der Waals surface area (Å²) in [6, 6.07) is -0.0364. The molecule has 282 valence electrons. The van der Waals surface area contributed by atoms with Crippen molar-refractivity contribution in [3.63, 3.8) is 0 Å². The maximum Gasteiger partial charge on any atom is 0.234 e. The first-order chi connectivity index (χ1) is 23.6. The molecule has 4 amide bonds. The van der Waals surface area contributed by atoms with Crippen molar-refractivity contribution < 1.29 is 19.2 Å². The van der Waals surface area contributed by atoms with Gasteiger partial charge in [-0.2, -0.15) is 0 Å².